The van der Waals surface area contributed by atoms with Crippen LogP contribution in [0.15, 0.2) is 99.9 Å². The molecule has 1 aliphatic heterocycles. The molecule has 1 aliphatic rings. The summed E-state index contributed by atoms with van der Waals surface area (Å²) in [5, 5.41) is 22.8. The number of hydrazone groups is 1. The third-order valence-electron chi connectivity index (χ3n) is 7.17. The van der Waals surface area contributed by atoms with Crippen LogP contribution in [0, 0.1) is 6.92 Å². The second-order valence-corrected chi connectivity index (χ2v) is 13.0. The van der Waals surface area contributed by atoms with Crippen LogP contribution in [0.3, 0.4) is 0 Å². The lowest BCUT2D eigenvalue weighted by Gasteiger charge is -2.22. The number of nitrogens with one attached hydrogen (secondary N) is 1. The SMILES string of the molecule is Cc1ccc([C@H]2CC(c3cccs3)=NN2C(=O)CSc2nnc(CNC(=O)c3cccs3)n2CCc2ccccc2)cc1. The van der Waals surface area contributed by atoms with E-state index in [4.69, 9.17) is 5.10 Å². The van der Waals surface area contributed by atoms with Crippen molar-refractivity contribution in [1.82, 2.24) is 25.1 Å². The molecule has 1 atom stereocenters. The molecule has 218 valence electrons. The minimum Gasteiger partial charge on any atom is -0.344 e. The van der Waals surface area contributed by atoms with E-state index in [-0.39, 0.29) is 30.2 Å². The Labute approximate surface area is 262 Å². The first kappa shape index (κ1) is 29.0. The zero-order valence-corrected chi connectivity index (χ0v) is 26.0. The first-order valence-corrected chi connectivity index (χ1v) is 16.7. The molecule has 3 aromatic heterocycles. The lowest BCUT2D eigenvalue weighted by Crippen LogP contribution is -2.28. The molecular formula is C32H30N6O2S3. The van der Waals surface area contributed by atoms with Crippen molar-refractivity contribution in [3.8, 4) is 0 Å². The van der Waals surface area contributed by atoms with Gasteiger partial charge in [0.1, 0.15) is 0 Å². The summed E-state index contributed by atoms with van der Waals surface area (Å²) in [5.74, 6) is 0.571. The van der Waals surface area contributed by atoms with Gasteiger partial charge in [-0.2, -0.15) is 5.10 Å². The second kappa shape index (κ2) is 13.5. The highest BCUT2D eigenvalue weighted by molar-refractivity contribution is 7.99. The van der Waals surface area contributed by atoms with Gasteiger partial charge in [0, 0.05) is 13.0 Å². The van der Waals surface area contributed by atoms with Crippen molar-refractivity contribution in [2.45, 2.75) is 44.1 Å². The maximum atomic E-state index is 13.7. The third-order valence-corrected chi connectivity index (χ3v) is 9.91. The van der Waals surface area contributed by atoms with Crippen molar-refractivity contribution in [3.63, 3.8) is 0 Å². The van der Waals surface area contributed by atoms with Crippen LogP contribution >= 0.6 is 34.4 Å². The summed E-state index contributed by atoms with van der Waals surface area (Å²) in [6.07, 6.45) is 1.43. The fraction of sp³-hybridized carbons (Fsp3) is 0.219. The van der Waals surface area contributed by atoms with Gasteiger partial charge in [0.2, 0.25) is 0 Å². The topological polar surface area (TPSA) is 92.5 Å². The summed E-state index contributed by atoms with van der Waals surface area (Å²) in [6, 6.07) is 26.0. The van der Waals surface area contributed by atoms with Crippen LogP contribution in [0.1, 0.15) is 49.5 Å². The number of nitrogens with zero attached hydrogens (tertiary/aromatic N) is 5. The lowest BCUT2D eigenvalue weighted by molar-refractivity contribution is -0.130. The van der Waals surface area contributed by atoms with Crippen LogP contribution in [0.5, 0.6) is 0 Å². The monoisotopic (exact) mass is 626 g/mol. The van der Waals surface area contributed by atoms with E-state index < -0.39 is 0 Å². The first-order valence-electron chi connectivity index (χ1n) is 14.0. The minimum absolute atomic E-state index is 0.0905. The van der Waals surface area contributed by atoms with Gasteiger partial charge in [0.25, 0.3) is 11.8 Å². The van der Waals surface area contributed by atoms with E-state index in [1.54, 1.807) is 22.4 Å². The van der Waals surface area contributed by atoms with Gasteiger partial charge in [0.15, 0.2) is 11.0 Å². The van der Waals surface area contributed by atoms with Crippen molar-refractivity contribution in [1.29, 1.82) is 0 Å². The zero-order valence-electron chi connectivity index (χ0n) is 23.6. The van der Waals surface area contributed by atoms with Crippen molar-refractivity contribution in [2.75, 3.05) is 5.75 Å². The number of carbonyl (C=O) groups is 2. The van der Waals surface area contributed by atoms with Gasteiger partial charge in [-0.1, -0.05) is 84.1 Å². The van der Waals surface area contributed by atoms with E-state index in [9.17, 15) is 9.59 Å². The molecule has 0 aliphatic carbocycles. The number of aryl methyl sites for hydroxylation is 2. The molecule has 0 saturated heterocycles. The molecule has 2 amide bonds. The Morgan fingerprint density at radius 2 is 1.74 bits per heavy atom. The number of thioether (sulfide) groups is 1. The fourth-order valence-electron chi connectivity index (χ4n) is 4.89. The van der Waals surface area contributed by atoms with E-state index in [1.165, 1.54) is 34.2 Å². The minimum atomic E-state index is -0.162. The molecule has 0 radical (unpaired) electrons. The van der Waals surface area contributed by atoms with Gasteiger partial charge in [0.05, 0.1) is 33.8 Å². The van der Waals surface area contributed by atoms with Crippen LogP contribution in [-0.4, -0.2) is 43.1 Å². The van der Waals surface area contributed by atoms with E-state index in [1.807, 2.05) is 51.7 Å². The number of thiophene rings is 2. The van der Waals surface area contributed by atoms with Crippen LogP contribution < -0.4 is 5.32 Å². The van der Waals surface area contributed by atoms with Crippen molar-refractivity contribution in [2.24, 2.45) is 5.10 Å². The van der Waals surface area contributed by atoms with Crippen LogP contribution in [0.2, 0.25) is 0 Å². The van der Waals surface area contributed by atoms with E-state index in [0.717, 1.165) is 22.6 Å². The smallest absolute Gasteiger partial charge is 0.261 e. The molecule has 43 heavy (non-hydrogen) atoms. The van der Waals surface area contributed by atoms with Gasteiger partial charge in [-0.05, 0) is 47.4 Å². The number of rotatable bonds is 11. The first-order chi connectivity index (χ1) is 21.0. The Kier molecular flexibility index (Phi) is 9.11. The molecule has 4 heterocycles. The summed E-state index contributed by atoms with van der Waals surface area (Å²) < 4.78 is 2.00. The van der Waals surface area contributed by atoms with Crippen LogP contribution in [0.25, 0.3) is 0 Å². The average molecular weight is 627 g/mol. The van der Waals surface area contributed by atoms with Crippen molar-refractivity contribution >= 4 is 52.0 Å². The number of benzene rings is 2. The van der Waals surface area contributed by atoms with E-state index >= 15 is 0 Å². The van der Waals surface area contributed by atoms with Crippen molar-refractivity contribution < 1.29 is 9.59 Å². The number of hydrogen-bond donors (Lipinski definition) is 1. The molecule has 0 saturated carbocycles. The molecule has 0 fully saturated rings. The van der Waals surface area contributed by atoms with E-state index in [2.05, 4.69) is 58.8 Å². The fourth-order valence-corrected chi connectivity index (χ4v) is 7.09. The average Bonchev–Trinajstić information content (AvgIpc) is 3.85. The maximum absolute atomic E-state index is 13.7. The van der Waals surface area contributed by atoms with Crippen LogP contribution in [-0.2, 0) is 24.3 Å². The summed E-state index contributed by atoms with van der Waals surface area (Å²) >= 11 is 4.38. The summed E-state index contributed by atoms with van der Waals surface area (Å²) in [7, 11) is 0. The van der Waals surface area contributed by atoms with Crippen LogP contribution in [0.4, 0.5) is 0 Å². The quantitative estimate of drug-likeness (QED) is 0.173. The summed E-state index contributed by atoms with van der Waals surface area (Å²) in [6.45, 7) is 2.92. The number of amides is 2. The van der Waals surface area contributed by atoms with Gasteiger partial charge in [-0.3, -0.25) is 9.59 Å². The Morgan fingerprint density at radius 1 is 0.953 bits per heavy atom. The normalized spacial score (nSPS) is 14.6. The zero-order chi connectivity index (χ0) is 29.6. The Hall–Kier alpha value is -4.06. The molecule has 8 nitrogen and oxygen atoms in total. The Morgan fingerprint density at radius 3 is 2.49 bits per heavy atom. The van der Waals surface area contributed by atoms with Gasteiger partial charge < -0.3 is 9.88 Å². The van der Waals surface area contributed by atoms with Crippen molar-refractivity contribution in [3.05, 3.63) is 122 Å². The Balaban J connectivity index is 1.19. The molecule has 11 heteroatoms. The predicted molar refractivity (Wildman–Crippen MR) is 173 cm³/mol. The van der Waals surface area contributed by atoms with Gasteiger partial charge in [-0.25, -0.2) is 5.01 Å². The molecule has 6 rings (SSSR count). The highest BCUT2D eigenvalue weighted by atomic mass is 32.2. The Bertz CT molecular complexity index is 1700. The number of aromatic nitrogens is 3. The standard InChI is InChI=1S/C32H30N6O2S3/c1-22-11-13-24(14-12-22)26-19-25(27-9-5-17-41-27)36-38(26)30(39)21-43-32-35-34-29(20-33-31(40)28-10-6-18-42-28)37(32)16-15-23-7-3-2-4-8-23/h2-14,17-18,26H,15-16,19-21H2,1H3,(H,33,40)/t26-/m1/s1. The molecule has 0 bridgehead atoms. The maximum Gasteiger partial charge on any atom is 0.261 e. The molecule has 0 spiro atoms. The highest BCUT2D eigenvalue weighted by Crippen LogP contribution is 2.35. The number of hydrogen-bond acceptors (Lipinski definition) is 8. The van der Waals surface area contributed by atoms with Gasteiger partial charge >= 0.3 is 0 Å². The summed E-state index contributed by atoms with van der Waals surface area (Å²) in [5.41, 5.74) is 4.35. The third kappa shape index (κ3) is 6.96. The predicted octanol–water partition coefficient (Wildman–Crippen LogP) is 6.35. The second-order valence-electron chi connectivity index (χ2n) is 10.1. The largest absolute Gasteiger partial charge is 0.344 e. The molecular weight excluding hydrogens is 597 g/mol. The lowest BCUT2D eigenvalue weighted by atomic mass is 10.00. The molecule has 1 N–H and O–H groups in total. The number of carbonyl (C=O) groups excluding carboxylic acids is 2. The summed E-state index contributed by atoms with van der Waals surface area (Å²) in [4.78, 5) is 28.0. The molecule has 2 aromatic carbocycles. The molecule has 5 aromatic rings. The van der Waals surface area contributed by atoms with Gasteiger partial charge in [-0.15, -0.1) is 32.9 Å². The highest BCUT2D eigenvalue weighted by Gasteiger charge is 2.33. The molecule has 0 unspecified atom stereocenters. The van der Waals surface area contributed by atoms with E-state index in [0.29, 0.717) is 28.8 Å².